The van der Waals surface area contributed by atoms with Gasteiger partial charge in [-0.3, -0.25) is 4.79 Å². The monoisotopic (exact) mass is 265 g/mol. The molecule has 0 radical (unpaired) electrons. The van der Waals surface area contributed by atoms with Crippen molar-refractivity contribution >= 4 is 28.7 Å². The van der Waals surface area contributed by atoms with E-state index in [0.29, 0.717) is 12.4 Å². The van der Waals surface area contributed by atoms with Gasteiger partial charge >= 0.3 is 0 Å². The molecule has 4 nitrogen and oxygen atoms in total. The minimum Gasteiger partial charge on any atom is -0.365 e. The number of hydrogen-bond acceptors (Lipinski definition) is 4. The SMILES string of the molecule is CC(=O)Nc1ccsc1CNc1cccc(F)n1. The van der Waals surface area contributed by atoms with Gasteiger partial charge in [0.25, 0.3) is 0 Å². The van der Waals surface area contributed by atoms with Crippen molar-refractivity contribution in [2.75, 3.05) is 10.6 Å². The van der Waals surface area contributed by atoms with Crippen LogP contribution in [0.25, 0.3) is 0 Å². The first-order valence-corrected chi connectivity index (χ1v) is 6.23. The van der Waals surface area contributed by atoms with Crippen LogP contribution in [0.4, 0.5) is 15.9 Å². The van der Waals surface area contributed by atoms with Crippen molar-refractivity contribution in [1.29, 1.82) is 0 Å². The lowest BCUT2D eigenvalue weighted by Gasteiger charge is -2.06. The number of amides is 1. The molecule has 0 bridgehead atoms. The molecule has 0 aromatic carbocycles. The van der Waals surface area contributed by atoms with Crippen LogP contribution in [0.15, 0.2) is 29.6 Å². The first-order valence-electron chi connectivity index (χ1n) is 5.35. The average Bonchev–Trinajstić information content (AvgIpc) is 2.73. The van der Waals surface area contributed by atoms with Crippen LogP contribution in [0.3, 0.4) is 0 Å². The molecule has 2 heterocycles. The third kappa shape index (κ3) is 3.27. The summed E-state index contributed by atoms with van der Waals surface area (Å²) >= 11 is 1.52. The molecule has 1 amide bonds. The van der Waals surface area contributed by atoms with Crippen LogP contribution in [0.5, 0.6) is 0 Å². The topological polar surface area (TPSA) is 54.0 Å². The largest absolute Gasteiger partial charge is 0.365 e. The molecule has 0 saturated heterocycles. The maximum atomic E-state index is 12.9. The summed E-state index contributed by atoms with van der Waals surface area (Å²) in [6.07, 6.45) is 0. The van der Waals surface area contributed by atoms with E-state index in [1.165, 1.54) is 24.3 Å². The molecule has 94 valence electrons. The van der Waals surface area contributed by atoms with Gasteiger partial charge in [-0.15, -0.1) is 11.3 Å². The Labute approximate surface area is 108 Å². The van der Waals surface area contributed by atoms with E-state index in [9.17, 15) is 9.18 Å². The van der Waals surface area contributed by atoms with E-state index in [4.69, 9.17) is 0 Å². The summed E-state index contributed by atoms with van der Waals surface area (Å²) in [6, 6.07) is 6.41. The molecule has 0 saturated carbocycles. The van der Waals surface area contributed by atoms with E-state index in [-0.39, 0.29) is 5.91 Å². The Morgan fingerprint density at radius 3 is 3.00 bits per heavy atom. The van der Waals surface area contributed by atoms with Gasteiger partial charge in [-0.2, -0.15) is 4.39 Å². The molecule has 0 aliphatic heterocycles. The van der Waals surface area contributed by atoms with Gasteiger partial charge in [0.15, 0.2) is 0 Å². The van der Waals surface area contributed by atoms with Gasteiger partial charge in [0.05, 0.1) is 12.2 Å². The lowest BCUT2D eigenvalue weighted by molar-refractivity contribution is -0.114. The van der Waals surface area contributed by atoms with Crippen molar-refractivity contribution in [1.82, 2.24) is 4.98 Å². The highest BCUT2D eigenvalue weighted by Gasteiger charge is 2.06. The predicted octanol–water partition coefficient (Wildman–Crippen LogP) is 2.85. The van der Waals surface area contributed by atoms with Crippen LogP contribution in [-0.2, 0) is 11.3 Å². The number of aromatic nitrogens is 1. The van der Waals surface area contributed by atoms with Gasteiger partial charge in [0.2, 0.25) is 11.9 Å². The Hall–Kier alpha value is -1.95. The second-order valence-electron chi connectivity index (χ2n) is 3.64. The second-order valence-corrected chi connectivity index (χ2v) is 4.64. The van der Waals surface area contributed by atoms with Crippen LogP contribution in [0.2, 0.25) is 0 Å². The fourth-order valence-electron chi connectivity index (χ4n) is 1.46. The summed E-state index contributed by atoms with van der Waals surface area (Å²) in [6.45, 7) is 1.95. The maximum Gasteiger partial charge on any atom is 0.221 e. The second kappa shape index (κ2) is 5.59. The van der Waals surface area contributed by atoms with Gasteiger partial charge in [0, 0.05) is 11.8 Å². The number of hydrogen-bond donors (Lipinski definition) is 2. The van der Waals surface area contributed by atoms with Crippen LogP contribution in [0.1, 0.15) is 11.8 Å². The van der Waals surface area contributed by atoms with Crippen molar-refractivity contribution < 1.29 is 9.18 Å². The van der Waals surface area contributed by atoms with Crippen molar-refractivity contribution in [3.63, 3.8) is 0 Å². The zero-order valence-electron chi connectivity index (χ0n) is 9.74. The number of rotatable bonds is 4. The molecule has 6 heteroatoms. The summed E-state index contributed by atoms with van der Waals surface area (Å²) in [4.78, 5) is 15.7. The number of anilines is 2. The standard InChI is InChI=1S/C12H12FN3OS/c1-8(17)15-9-5-6-18-10(9)7-14-12-4-2-3-11(13)16-12/h2-6H,7H2,1H3,(H,14,16)(H,15,17). The minimum atomic E-state index is -0.520. The van der Waals surface area contributed by atoms with Gasteiger partial charge in [-0.1, -0.05) is 6.07 Å². The van der Waals surface area contributed by atoms with Crippen molar-refractivity contribution in [3.8, 4) is 0 Å². The Kier molecular flexibility index (Phi) is 3.88. The lowest BCUT2D eigenvalue weighted by atomic mass is 10.3. The molecule has 2 rings (SSSR count). The molecule has 2 aromatic heterocycles. The third-order valence-electron chi connectivity index (χ3n) is 2.20. The third-order valence-corrected chi connectivity index (χ3v) is 3.12. The number of carbonyl (C=O) groups is 1. The van der Waals surface area contributed by atoms with Gasteiger partial charge in [0.1, 0.15) is 5.82 Å². The van der Waals surface area contributed by atoms with Gasteiger partial charge < -0.3 is 10.6 Å². The number of nitrogens with one attached hydrogen (secondary N) is 2. The van der Waals surface area contributed by atoms with Crippen molar-refractivity contribution in [2.24, 2.45) is 0 Å². The fourth-order valence-corrected chi connectivity index (χ4v) is 2.23. The molecule has 0 fully saturated rings. The van der Waals surface area contributed by atoms with E-state index in [1.807, 2.05) is 11.4 Å². The Balaban J connectivity index is 2.02. The van der Waals surface area contributed by atoms with E-state index in [0.717, 1.165) is 10.6 Å². The highest BCUT2D eigenvalue weighted by molar-refractivity contribution is 7.10. The molecular weight excluding hydrogens is 253 g/mol. The van der Waals surface area contributed by atoms with E-state index < -0.39 is 5.95 Å². The maximum absolute atomic E-state index is 12.9. The van der Waals surface area contributed by atoms with Crippen LogP contribution in [-0.4, -0.2) is 10.9 Å². The minimum absolute atomic E-state index is 0.112. The first-order chi connectivity index (χ1) is 8.65. The molecule has 0 aliphatic rings. The molecule has 0 atom stereocenters. The normalized spacial score (nSPS) is 10.1. The Morgan fingerprint density at radius 2 is 2.28 bits per heavy atom. The number of halogens is 1. The number of thiophene rings is 1. The highest BCUT2D eigenvalue weighted by atomic mass is 32.1. The molecular formula is C12H12FN3OS. The zero-order valence-corrected chi connectivity index (χ0v) is 10.6. The Morgan fingerprint density at radius 1 is 1.44 bits per heavy atom. The molecule has 18 heavy (non-hydrogen) atoms. The highest BCUT2D eigenvalue weighted by Crippen LogP contribution is 2.23. The average molecular weight is 265 g/mol. The molecule has 0 aliphatic carbocycles. The van der Waals surface area contributed by atoms with E-state index in [2.05, 4.69) is 15.6 Å². The van der Waals surface area contributed by atoms with E-state index >= 15 is 0 Å². The summed E-state index contributed by atoms with van der Waals surface area (Å²) in [5, 5.41) is 7.64. The molecule has 2 aromatic rings. The van der Waals surface area contributed by atoms with Crippen LogP contribution < -0.4 is 10.6 Å². The first kappa shape index (κ1) is 12.5. The number of pyridine rings is 1. The Bertz CT molecular complexity index is 556. The summed E-state index contributed by atoms with van der Waals surface area (Å²) < 4.78 is 12.9. The summed E-state index contributed by atoms with van der Waals surface area (Å²) in [5.41, 5.74) is 0.774. The van der Waals surface area contributed by atoms with Gasteiger partial charge in [-0.25, -0.2) is 4.98 Å². The van der Waals surface area contributed by atoms with Gasteiger partial charge in [-0.05, 0) is 23.6 Å². The zero-order chi connectivity index (χ0) is 13.0. The smallest absolute Gasteiger partial charge is 0.221 e. The number of nitrogens with zero attached hydrogens (tertiary/aromatic N) is 1. The lowest BCUT2D eigenvalue weighted by Crippen LogP contribution is -2.08. The molecule has 2 N–H and O–H groups in total. The van der Waals surface area contributed by atoms with Crippen molar-refractivity contribution in [2.45, 2.75) is 13.5 Å². The summed E-state index contributed by atoms with van der Waals surface area (Å²) in [7, 11) is 0. The van der Waals surface area contributed by atoms with E-state index in [1.54, 1.807) is 12.1 Å². The van der Waals surface area contributed by atoms with Crippen molar-refractivity contribution in [3.05, 3.63) is 40.5 Å². The quantitative estimate of drug-likeness (QED) is 0.836. The van der Waals surface area contributed by atoms with Crippen LogP contribution >= 0.6 is 11.3 Å². The number of carbonyl (C=O) groups excluding carboxylic acids is 1. The summed E-state index contributed by atoms with van der Waals surface area (Å²) in [5.74, 6) is -0.163. The fraction of sp³-hybridized carbons (Fsp3) is 0.167. The van der Waals surface area contributed by atoms with Crippen LogP contribution in [0, 0.1) is 5.95 Å². The molecule has 0 spiro atoms. The predicted molar refractivity (Wildman–Crippen MR) is 70.1 cm³/mol. The molecule has 0 unspecified atom stereocenters.